The third kappa shape index (κ3) is 3.26. The number of carboxylic acid groups (broad SMARTS) is 1. The Hall–Kier alpha value is -1.98. The van der Waals surface area contributed by atoms with Crippen molar-refractivity contribution in [3.63, 3.8) is 0 Å². The van der Waals surface area contributed by atoms with Crippen molar-refractivity contribution in [3.05, 3.63) is 42.1 Å². The first-order valence-electron chi connectivity index (χ1n) is 9.04. The van der Waals surface area contributed by atoms with Crippen molar-refractivity contribution in [3.8, 4) is 0 Å². The van der Waals surface area contributed by atoms with Crippen LogP contribution in [0, 0.1) is 11.3 Å². The van der Waals surface area contributed by atoms with E-state index < -0.39 is 17.5 Å². The molecule has 1 aliphatic carbocycles. The maximum atomic E-state index is 12.0. The van der Waals surface area contributed by atoms with Gasteiger partial charge in [0.25, 0.3) is 0 Å². The number of carbonyl (C=O) groups is 1. The van der Waals surface area contributed by atoms with E-state index in [-0.39, 0.29) is 0 Å². The zero-order valence-corrected chi connectivity index (χ0v) is 14.3. The number of hydrogen-bond donors (Lipinski definition) is 2. The summed E-state index contributed by atoms with van der Waals surface area (Å²) in [6.07, 6.45) is 4.35. The van der Waals surface area contributed by atoms with Crippen LogP contribution in [0.2, 0.25) is 0 Å². The van der Waals surface area contributed by atoms with Crippen LogP contribution in [0.5, 0.6) is 0 Å². The highest BCUT2D eigenvalue weighted by molar-refractivity contribution is 5.79. The van der Waals surface area contributed by atoms with E-state index >= 15 is 0 Å². The van der Waals surface area contributed by atoms with Gasteiger partial charge in [-0.3, -0.25) is 14.7 Å². The Labute approximate surface area is 147 Å². The second kappa shape index (κ2) is 6.39. The molecule has 0 bridgehead atoms. The van der Waals surface area contributed by atoms with Crippen molar-refractivity contribution in [1.82, 2.24) is 9.88 Å². The SMILES string of the molecule is O=C(O)[C@]1(CC2CC2)CN(Cc2ccc3ncccc3c2)CC[C@@H]1O. The van der Waals surface area contributed by atoms with Crippen LogP contribution in [-0.2, 0) is 11.3 Å². The summed E-state index contributed by atoms with van der Waals surface area (Å²) in [7, 11) is 0. The smallest absolute Gasteiger partial charge is 0.313 e. The maximum absolute atomic E-state index is 12.0. The van der Waals surface area contributed by atoms with E-state index in [0.29, 0.717) is 31.8 Å². The zero-order chi connectivity index (χ0) is 17.4. The minimum Gasteiger partial charge on any atom is -0.481 e. The molecule has 1 saturated heterocycles. The number of fused-ring (bicyclic) bond motifs is 1. The van der Waals surface area contributed by atoms with Crippen LogP contribution in [0.25, 0.3) is 10.9 Å². The lowest BCUT2D eigenvalue weighted by molar-refractivity contribution is -0.165. The van der Waals surface area contributed by atoms with Crippen molar-refractivity contribution < 1.29 is 15.0 Å². The first-order chi connectivity index (χ1) is 12.1. The van der Waals surface area contributed by atoms with Gasteiger partial charge < -0.3 is 10.2 Å². The number of aromatic nitrogens is 1. The number of likely N-dealkylation sites (tertiary alicyclic amines) is 1. The molecule has 1 saturated carbocycles. The van der Waals surface area contributed by atoms with E-state index in [4.69, 9.17) is 0 Å². The molecule has 25 heavy (non-hydrogen) atoms. The van der Waals surface area contributed by atoms with Crippen LogP contribution < -0.4 is 0 Å². The normalized spacial score (nSPS) is 27.5. The molecule has 0 spiro atoms. The van der Waals surface area contributed by atoms with Gasteiger partial charge in [-0.05, 0) is 42.5 Å². The zero-order valence-electron chi connectivity index (χ0n) is 14.3. The highest BCUT2D eigenvalue weighted by Crippen LogP contribution is 2.45. The molecule has 2 atom stereocenters. The number of pyridine rings is 1. The molecule has 1 aromatic carbocycles. The minimum absolute atomic E-state index is 0.422. The molecular weight excluding hydrogens is 316 g/mol. The lowest BCUT2D eigenvalue weighted by Crippen LogP contribution is -2.55. The molecule has 4 rings (SSSR count). The lowest BCUT2D eigenvalue weighted by atomic mass is 9.73. The monoisotopic (exact) mass is 340 g/mol. The highest BCUT2D eigenvalue weighted by Gasteiger charge is 2.51. The number of carboxylic acids is 1. The molecule has 0 amide bonds. The predicted molar refractivity (Wildman–Crippen MR) is 95.1 cm³/mol. The molecule has 5 nitrogen and oxygen atoms in total. The largest absolute Gasteiger partial charge is 0.481 e. The summed E-state index contributed by atoms with van der Waals surface area (Å²) in [5, 5.41) is 21.4. The fourth-order valence-corrected chi connectivity index (χ4v) is 4.12. The molecule has 0 unspecified atom stereocenters. The summed E-state index contributed by atoms with van der Waals surface area (Å²) < 4.78 is 0. The maximum Gasteiger partial charge on any atom is 0.313 e. The first kappa shape index (κ1) is 16.5. The standard InChI is InChI=1S/C20H24N2O3/c23-18-7-9-22(13-20(18,19(24)25)11-14-3-4-14)12-15-5-6-17-16(10-15)2-1-8-21-17/h1-2,5-6,8,10,14,18,23H,3-4,7,9,11-13H2,(H,24,25)/t18-,20+/m0/s1. The van der Waals surface area contributed by atoms with Crippen LogP contribution >= 0.6 is 0 Å². The summed E-state index contributed by atoms with van der Waals surface area (Å²) in [4.78, 5) is 18.5. The predicted octanol–water partition coefficient (Wildman–Crippen LogP) is 2.67. The Morgan fingerprint density at radius 2 is 2.12 bits per heavy atom. The van der Waals surface area contributed by atoms with Crippen molar-refractivity contribution in [2.24, 2.45) is 11.3 Å². The third-order valence-corrected chi connectivity index (χ3v) is 5.71. The third-order valence-electron chi connectivity index (χ3n) is 5.71. The van der Waals surface area contributed by atoms with Gasteiger partial charge >= 0.3 is 5.97 Å². The fraction of sp³-hybridized carbons (Fsp3) is 0.500. The van der Waals surface area contributed by atoms with E-state index in [9.17, 15) is 15.0 Å². The summed E-state index contributed by atoms with van der Waals surface area (Å²) in [6.45, 7) is 1.86. The summed E-state index contributed by atoms with van der Waals surface area (Å²) in [6, 6.07) is 10.2. The van der Waals surface area contributed by atoms with Crippen LogP contribution in [0.4, 0.5) is 0 Å². The van der Waals surface area contributed by atoms with E-state index in [0.717, 1.165) is 35.9 Å². The van der Waals surface area contributed by atoms with Gasteiger partial charge in [-0.1, -0.05) is 25.0 Å². The minimum atomic E-state index is -1.02. The van der Waals surface area contributed by atoms with Crippen molar-refractivity contribution in [2.45, 2.75) is 38.3 Å². The average Bonchev–Trinajstić information content (AvgIpc) is 3.41. The second-order valence-electron chi connectivity index (χ2n) is 7.65. The number of aliphatic carboxylic acids is 1. The molecule has 2 heterocycles. The summed E-state index contributed by atoms with van der Waals surface area (Å²) >= 11 is 0. The van der Waals surface area contributed by atoms with E-state index in [1.165, 1.54) is 0 Å². The molecule has 2 fully saturated rings. The van der Waals surface area contributed by atoms with Gasteiger partial charge in [-0.15, -0.1) is 0 Å². The van der Waals surface area contributed by atoms with Gasteiger partial charge in [-0.2, -0.15) is 0 Å². The van der Waals surface area contributed by atoms with Gasteiger partial charge in [0.15, 0.2) is 0 Å². The Balaban J connectivity index is 1.54. The topological polar surface area (TPSA) is 73.7 Å². The van der Waals surface area contributed by atoms with E-state index in [1.807, 2.05) is 18.2 Å². The molecule has 2 aromatic rings. The van der Waals surface area contributed by atoms with Crippen molar-refractivity contribution >= 4 is 16.9 Å². The van der Waals surface area contributed by atoms with Gasteiger partial charge in [0.05, 0.1) is 11.6 Å². The van der Waals surface area contributed by atoms with Gasteiger partial charge in [0, 0.05) is 31.2 Å². The van der Waals surface area contributed by atoms with Gasteiger partial charge in [-0.25, -0.2) is 0 Å². The van der Waals surface area contributed by atoms with Crippen molar-refractivity contribution in [2.75, 3.05) is 13.1 Å². The Kier molecular flexibility index (Phi) is 4.21. The summed E-state index contributed by atoms with van der Waals surface area (Å²) in [5.74, 6) is -0.378. The number of benzene rings is 1. The fourth-order valence-electron chi connectivity index (χ4n) is 4.12. The van der Waals surface area contributed by atoms with Gasteiger partial charge in [0.2, 0.25) is 0 Å². The second-order valence-corrected chi connectivity index (χ2v) is 7.65. The average molecular weight is 340 g/mol. The molecule has 5 heteroatoms. The molecule has 1 aromatic heterocycles. The molecule has 2 N–H and O–H groups in total. The molecule has 1 aliphatic heterocycles. The number of rotatable bonds is 5. The number of nitrogens with zero attached hydrogens (tertiary/aromatic N) is 2. The quantitative estimate of drug-likeness (QED) is 0.875. The number of piperidine rings is 1. The van der Waals surface area contributed by atoms with E-state index in [2.05, 4.69) is 22.0 Å². The number of aliphatic hydroxyl groups excluding tert-OH is 1. The lowest BCUT2D eigenvalue weighted by Gasteiger charge is -2.43. The summed E-state index contributed by atoms with van der Waals surface area (Å²) in [5.41, 5.74) is 1.11. The molecule has 0 radical (unpaired) electrons. The van der Waals surface area contributed by atoms with Crippen LogP contribution in [0.1, 0.15) is 31.2 Å². The Morgan fingerprint density at radius 1 is 1.28 bits per heavy atom. The highest BCUT2D eigenvalue weighted by atomic mass is 16.4. The number of hydrogen-bond acceptors (Lipinski definition) is 4. The molecule has 2 aliphatic rings. The van der Waals surface area contributed by atoms with Crippen LogP contribution in [-0.4, -0.2) is 45.3 Å². The number of aliphatic hydroxyl groups is 1. The van der Waals surface area contributed by atoms with Crippen LogP contribution in [0.15, 0.2) is 36.5 Å². The Morgan fingerprint density at radius 3 is 2.88 bits per heavy atom. The first-order valence-corrected chi connectivity index (χ1v) is 9.04. The molecular formula is C20H24N2O3. The van der Waals surface area contributed by atoms with Crippen LogP contribution in [0.3, 0.4) is 0 Å². The Bertz CT molecular complexity index is 789. The van der Waals surface area contributed by atoms with Gasteiger partial charge in [0.1, 0.15) is 5.41 Å². The molecule has 132 valence electrons. The van der Waals surface area contributed by atoms with E-state index in [1.54, 1.807) is 6.20 Å². The van der Waals surface area contributed by atoms with Crippen molar-refractivity contribution in [1.29, 1.82) is 0 Å².